The van der Waals surface area contributed by atoms with Crippen LogP contribution in [0.4, 0.5) is 5.69 Å². The van der Waals surface area contributed by atoms with Gasteiger partial charge in [-0.25, -0.2) is 9.79 Å². The SMILES string of the molecule is CCOC(=O)CN1C(=O)/C(=c2/sc3n(c2=O)[C@H](c2ccc(OC)c(OCC)c2)C(C(=O)OCC)=C(C)N=3)c2ccccc21. The Morgan fingerprint density at radius 2 is 1.72 bits per heavy atom. The number of carbonyl (C=O) groups excluding carboxylic acids is 3. The zero-order valence-corrected chi connectivity index (χ0v) is 25.3. The highest BCUT2D eigenvalue weighted by molar-refractivity contribution is 7.07. The highest BCUT2D eigenvalue weighted by Crippen LogP contribution is 2.37. The zero-order chi connectivity index (χ0) is 30.8. The first kappa shape index (κ1) is 29.8. The minimum Gasteiger partial charge on any atom is -0.493 e. The van der Waals surface area contributed by atoms with Crippen molar-refractivity contribution in [3.8, 4) is 11.5 Å². The molecule has 0 fully saturated rings. The third-order valence-electron chi connectivity index (χ3n) is 7.04. The third kappa shape index (κ3) is 5.22. The van der Waals surface area contributed by atoms with Gasteiger partial charge in [-0.2, -0.15) is 0 Å². The van der Waals surface area contributed by atoms with Crippen LogP contribution < -0.4 is 29.3 Å². The molecule has 0 spiro atoms. The second kappa shape index (κ2) is 12.3. The molecule has 0 N–H and O–H groups in total. The number of benzene rings is 2. The minimum absolute atomic E-state index is 0.130. The molecule has 2 aliphatic rings. The van der Waals surface area contributed by atoms with E-state index in [1.165, 1.54) is 16.6 Å². The van der Waals surface area contributed by atoms with Crippen LogP contribution in [0, 0.1) is 0 Å². The molecular weight excluding hydrogens is 574 g/mol. The smallest absolute Gasteiger partial charge is 0.338 e. The van der Waals surface area contributed by atoms with Crippen LogP contribution in [0.3, 0.4) is 0 Å². The third-order valence-corrected chi connectivity index (χ3v) is 8.09. The molecule has 12 heteroatoms. The first-order valence-electron chi connectivity index (χ1n) is 13.8. The minimum atomic E-state index is -0.919. The van der Waals surface area contributed by atoms with Gasteiger partial charge >= 0.3 is 11.9 Å². The number of amides is 1. The standard InChI is InChI=1S/C31H31N3O8S/c1-6-40-22-15-18(13-14-21(22)39-5)26-24(30(38)42-8-3)17(4)32-31-34(26)29(37)27(43-31)25-19-11-9-10-12-20(19)33(28(25)36)16-23(35)41-7-2/h9-15,26H,6-8,16H2,1-5H3/b27-25+/t26-/m1/s1. The molecule has 1 atom stereocenters. The van der Waals surface area contributed by atoms with E-state index in [0.29, 0.717) is 45.4 Å². The van der Waals surface area contributed by atoms with Gasteiger partial charge in [0.1, 0.15) is 11.1 Å². The Balaban J connectivity index is 1.76. The summed E-state index contributed by atoms with van der Waals surface area (Å²) in [5, 5.41) is 0. The number of ether oxygens (including phenoxy) is 4. The van der Waals surface area contributed by atoms with Gasteiger partial charge in [0.2, 0.25) is 0 Å². The van der Waals surface area contributed by atoms with Gasteiger partial charge in [0.25, 0.3) is 11.5 Å². The van der Waals surface area contributed by atoms with Gasteiger partial charge < -0.3 is 18.9 Å². The van der Waals surface area contributed by atoms with Crippen LogP contribution in [0.2, 0.25) is 0 Å². The Morgan fingerprint density at radius 1 is 0.977 bits per heavy atom. The number of allylic oxidation sites excluding steroid dienone is 1. The van der Waals surface area contributed by atoms with Crippen molar-refractivity contribution in [1.82, 2.24) is 4.57 Å². The maximum atomic E-state index is 14.3. The van der Waals surface area contributed by atoms with Crippen molar-refractivity contribution < 1.29 is 33.3 Å². The molecule has 0 radical (unpaired) electrons. The summed E-state index contributed by atoms with van der Waals surface area (Å²) in [5.74, 6) is -0.732. The summed E-state index contributed by atoms with van der Waals surface area (Å²) in [6.45, 7) is 7.29. The van der Waals surface area contributed by atoms with Gasteiger partial charge in [-0.3, -0.25) is 23.9 Å². The number of methoxy groups -OCH3 is 1. The van der Waals surface area contributed by atoms with Gasteiger partial charge in [-0.1, -0.05) is 35.6 Å². The van der Waals surface area contributed by atoms with Crippen LogP contribution in [0.1, 0.15) is 44.9 Å². The molecule has 0 unspecified atom stereocenters. The Bertz CT molecular complexity index is 1840. The van der Waals surface area contributed by atoms with Crippen molar-refractivity contribution in [2.45, 2.75) is 33.7 Å². The number of hydrogen-bond donors (Lipinski definition) is 0. The number of thiazole rings is 1. The molecule has 1 aromatic heterocycles. The predicted octanol–water partition coefficient (Wildman–Crippen LogP) is 2.49. The van der Waals surface area contributed by atoms with E-state index in [1.807, 2.05) is 6.92 Å². The summed E-state index contributed by atoms with van der Waals surface area (Å²) >= 11 is 1.05. The van der Waals surface area contributed by atoms with Crippen LogP contribution in [0.15, 0.2) is 63.5 Å². The lowest BCUT2D eigenvalue weighted by molar-refractivity contribution is -0.142. The Morgan fingerprint density at radius 3 is 2.42 bits per heavy atom. The number of rotatable bonds is 9. The van der Waals surface area contributed by atoms with E-state index in [-0.39, 0.29) is 35.4 Å². The molecule has 1 amide bonds. The molecule has 224 valence electrons. The molecule has 2 aromatic carbocycles. The van der Waals surface area contributed by atoms with Crippen molar-refractivity contribution in [2.24, 2.45) is 4.99 Å². The molecule has 43 heavy (non-hydrogen) atoms. The molecule has 3 heterocycles. The summed E-state index contributed by atoms with van der Waals surface area (Å²) in [4.78, 5) is 60.1. The second-order valence-corrected chi connectivity index (χ2v) is 10.5. The number of fused-ring (bicyclic) bond motifs is 2. The Kier molecular flexibility index (Phi) is 8.49. The predicted molar refractivity (Wildman–Crippen MR) is 159 cm³/mol. The van der Waals surface area contributed by atoms with Crippen LogP contribution in [-0.2, 0) is 23.9 Å². The van der Waals surface area contributed by atoms with E-state index in [2.05, 4.69) is 4.99 Å². The van der Waals surface area contributed by atoms with Gasteiger partial charge in [-0.05, 0) is 51.5 Å². The molecular formula is C31H31N3O8S. The molecule has 11 nitrogen and oxygen atoms in total. The van der Waals surface area contributed by atoms with Crippen LogP contribution in [0.5, 0.6) is 11.5 Å². The summed E-state index contributed by atoms with van der Waals surface area (Å²) in [6, 6.07) is 11.2. The van der Waals surface area contributed by atoms with E-state index in [4.69, 9.17) is 18.9 Å². The number of hydrogen-bond acceptors (Lipinski definition) is 10. The van der Waals surface area contributed by atoms with Crippen molar-refractivity contribution in [2.75, 3.05) is 38.4 Å². The average molecular weight is 606 g/mol. The molecule has 0 bridgehead atoms. The lowest BCUT2D eigenvalue weighted by atomic mass is 9.95. The normalized spacial score (nSPS) is 16.8. The molecule has 0 aliphatic carbocycles. The average Bonchev–Trinajstić information content (AvgIpc) is 3.44. The lowest BCUT2D eigenvalue weighted by Gasteiger charge is -2.25. The second-order valence-electron chi connectivity index (χ2n) is 9.55. The number of carbonyl (C=O) groups is 3. The van der Waals surface area contributed by atoms with E-state index >= 15 is 0 Å². The summed E-state index contributed by atoms with van der Waals surface area (Å²) in [7, 11) is 1.53. The number of aromatic nitrogens is 1. The Labute approximate surface area is 251 Å². The van der Waals surface area contributed by atoms with Crippen molar-refractivity contribution in [3.63, 3.8) is 0 Å². The van der Waals surface area contributed by atoms with Gasteiger partial charge in [0.15, 0.2) is 16.3 Å². The lowest BCUT2D eigenvalue weighted by Crippen LogP contribution is -2.41. The van der Waals surface area contributed by atoms with Crippen molar-refractivity contribution in [3.05, 3.63) is 84.5 Å². The molecule has 0 saturated heterocycles. The Hall–Kier alpha value is -4.71. The van der Waals surface area contributed by atoms with E-state index < -0.39 is 29.4 Å². The van der Waals surface area contributed by atoms with Gasteiger partial charge in [0.05, 0.1) is 55.5 Å². The largest absolute Gasteiger partial charge is 0.493 e. The maximum absolute atomic E-state index is 14.3. The fraction of sp³-hybridized carbons (Fsp3) is 0.323. The van der Waals surface area contributed by atoms with E-state index in [9.17, 15) is 19.2 Å². The highest BCUT2D eigenvalue weighted by Gasteiger charge is 2.38. The highest BCUT2D eigenvalue weighted by atomic mass is 32.1. The van der Waals surface area contributed by atoms with E-state index in [1.54, 1.807) is 63.2 Å². The van der Waals surface area contributed by atoms with Gasteiger partial charge in [0, 0.05) is 5.56 Å². The topological polar surface area (TPSA) is 126 Å². The van der Waals surface area contributed by atoms with E-state index in [0.717, 1.165) is 11.3 Å². The monoisotopic (exact) mass is 605 g/mol. The van der Waals surface area contributed by atoms with Crippen molar-refractivity contribution >= 4 is 40.4 Å². The first-order chi connectivity index (χ1) is 20.7. The fourth-order valence-corrected chi connectivity index (χ4v) is 6.42. The molecule has 5 rings (SSSR count). The first-order valence-corrected chi connectivity index (χ1v) is 14.7. The molecule has 2 aliphatic heterocycles. The van der Waals surface area contributed by atoms with Crippen molar-refractivity contribution in [1.29, 1.82) is 0 Å². The number of anilines is 1. The summed E-state index contributed by atoms with van der Waals surface area (Å²) in [6.07, 6.45) is 0. The number of esters is 2. The van der Waals surface area contributed by atoms with Crippen LogP contribution in [0.25, 0.3) is 5.57 Å². The summed E-state index contributed by atoms with van der Waals surface area (Å²) in [5.41, 5.74) is 1.82. The molecule has 3 aromatic rings. The maximum Gasteiger partial charge on any atom is 0.338 e. The fourth-order valence-electron chi connectivity index (χ4n) is 5.28. The van der Waals surface area contributed by atoms with Gasteiger partial charge in [-0.15, -0.1) is 0 Å². The number of para-hydroxylation sites is 1. The number of nitrogens with zero attached hydrogens (tertiary/aromatic N) is 3. The van der Waals surface area contributed by atoms with Crippen LogP contribution in [-0.4, -0.2) is 55.9 Å². The quantitative estimate of drug-likeness (QED) is 0.341. The summed E-state index contributed by atoms with van der Waals surface area (Å²) < 4.78 is 23.3. The zero-order valence-electron chi connectivity index (χ0n) is 24.5. The molecule has 0 saturated carbocycles. The van der Waals surface area contributed by atoms with Crippen LogP contribution >= 0.6 is 11.3 Å².